The Labute approximate surface area is 189 Å². The fourth-order valence-corrected chi connectivity index (χ4v) is 3.78. The summed E-state index contributed by atoms with van der Waals surface area (Å²) in [5.74, 6) is 0.593. The molecule has 7 heteroatoms. The fraction of sp³-hybridized carbons (Fsp3) is 0.480. The quantitative estimate of drug-likeness (QED) is 0.751. The number of hydrogen-bond acceptors (Lipinski definition) is 4. The summed E-state index contributed by atoms with van der Waals surface area (Å²) in [5.41, 5.74) is 1.22. The summed E-state index contributed by atoms with van der Waals surface area (Å²) in [5, 5.41) is 2.93. The van der Waals surface area contributed by atoms with Gasteiger partial charge in [0.25, 0.3) is 17.4 Å². The second kappa shape index (κ2) is 10.0. The third kappa shape index (κ3) is 5.99. The molecule has 2 heterocycles. The molecule has 0 saturated carbocycles. The number of carbonyl (C=O) groups is 2. The van der Waals surface area contributed by atoms with Crippen molar-refractivity contribution in [2.24, 2.45) is 13.0 Å². The van der Waals surface area contributed by atoms with Gasteiger partial charge < -0.3 is 19.5 Å². The molecule has 2 aromatic rings. The summed E-state index contributed by atoms with van der Waals surface area (Å²) in [6, 6.07) is 11.1. The Hall–Kier alpha value is -3.09. The van der Waals surface area contributed by atoms with Crippen molar-refractivity contribution in [1.82, 2.24) is 14.8 Å². The van der Waals surface area contributed by atoms with Crippen LogP contribution >= 0.6 is 0 Å². The number of nitrogens with one attached hydrogen (secondary N) is 1. The molecule has 0 atom stereocenters. The molecule has 1 aliphatic rings. The maximum atomic E-state index is 12.7. The smallest absolute Gasteiger partial charge is 0.263 e. The number of nitrogens with zero attached hydrogens (tertiary/aromatic N) is 2. The Morgan fingerprint density at radius 3 is 2.38 bits per heavy atom. The standard InChI is InChI=1S/C25H33N3O4/c1-25(2,3)19-7-9-20(10-8-19)32-17-22(29)26-16-18-11-14-28(15-12-18)24(31)21-6-5-13-27(4)23(21)30/h5-10,13,18H,11-12,14-17H2,1-4H3,(H,26,29). The van der Waals surface area contributed by atoms with Gasteiger partial charge in [-0.05, 0) is 54.0 Å². The van der Waals surface area contributed by atoms with E-state index >= 15 is 0 Å². The topological polar surface area (TPSA) is 80.6 Å². The Bertz CT molecular complexity index is 997. The van der Waals surface area contributed by atoms with Crippen LogP contribution in [0.1, 0.15) is 49.5 Å². The first-order chi connectivity index (χ1) is 15.1. The number of rotatable bonds is 6. The molecule has 0 radical (unpaired) electrons. The summed E-state index contributed by atoms with van der Waals surface area (Å²) in [6.07, 6.45) is 3.21. The van der Waals surface area contributed by atoms with Crippen LogP contribution in [0.15, 0.2) is 47.4 Å². The molecule has 2 amide bonds. The third-order valence-corrected chi connectivity index (χ3v) is 5.93. The number of ether oxygens (including phenoxy) is 1. The largest absolute Gasteiger partial charge is 0.484 e. The minimum atomic E-state index is -0.278. The van der Waals surface area contributed by atoms with E-state index in [2.05, 4.69) is 26.1 Å². The van der Waals surface area contributed by atoms with Gasteiger partial charge >= 0.3 is 0 Å². The summed E-state index contributed by atoms with van der Waals surface area (Å²) in [6.45, 7) is 8.14. The molecule has 1 aromatic heterocycles. The van der Waals surface area contributed by atoms with Gasteiger partial charge in [0.1, 0.15) is 11.3 Å². The Kier molecular flexibility index (Phi) is 7.38. The van der Waals surface area contributed by atoms with Gasteiger partial charge in [0.05, 0.1) is 0 Å². The highest BCUT2D eigenvalue weighted by atomic mass is 16.5. The first-order valence-corrected chi connectivity index (χ1v) is 11.1. The summed E-state index contributed by atoms with van der Waals surface area (Å²) >= 11 is 0. The average molecular weight is 440 g/mol. The lowest BCUT2D eigenvalue weighted by atomic mass is 9.87. The van der Waals surface area contributed by atoms with E-state index in [4.69, 9.17) is 4.74 Å². The number of benzene rings is 1. The highest BCUT2D eigenvalue weighted by Gasteiger charge is 2.25. The molecule has 1 aliphatic heterocycles. The van der Waals surface area contributed by atoms with Gasteiger partial charge in [-0.1, -0.05) is 32.9 Å². The molecule has 172 valence electrons. The predicted octanol–water partition coefficient (Wildman–Crippen LogP) is 2.73. The first kappa shape index (κ1) is 23.6. The van der Waals surface area contributed by atoms with Gasteiger partial charge in [-0.25, -0.2) is 0 Å². The molecule has 3 rings (SSSR count). The van der Waals surface area contributed by atoms with Crippen LogP contribution in [0, 0.1) is 5.92 Å². The Morgan fingerprint density at radius 1 is 1.09 bits per heavy atom. The lowest BCUT2D eigenvalue weighted by molar-refractivity contribution is -0.123. The minimum Gasteiger partial charge on any atom is -0.484 e. The van der Waals surface area contributed by atoms with Gasteiger partial charge in [-0.15, -0.1) is 0 Å². The molecule has 0 spiro atoms. The zero-order chi connectivity index (χ0) is 23.3. The maximum Gasteiger partial charge on any atom is 0.263 e. The van der Waals surface area contributed by atoms with Crippen LogP contribution in [0.5, 0.6) is 5.75 Å². The van der Waals surface area contributed by atoms with E-state index in [1.165, 1.54) is 10.1 Å². The van der Waals surface area contributed by atoms with Crippen LogP contribution < -0.4 is 15.6 Å². The van der Waals surface area contributed by atoms with E-state index in [0.717, 1.165) is 12.8 Å². The normalized spacial score (nSPS) is 14.8. The van der Waals surface area contributed by atoms with Crippen molar-refractivity contribution in [3.63, 3.8) is 0 Å². The monoisotopic (exact) mass is 439 g/mol. The van der Waals surface area contributed by atoms with Crippen LogP contribution in [-0.4, -0.2) is 47.5 Å². The third-order valence-electron chi connectivity index (χ3n) is 5.93. The van der Waals surface area contributed by atoms with Gasteiger partial charge in [0.15, 0.2) is 6.61 Å². The van der Waals surface area contributed by atoms with Crippen molar-refractivity contribution < 1.29 is 14.3 Å². The van der Waals surface area contributed by atoms with Crippen molar-refractivity contribution >= 4 is 11.8 Å². The zero-order valence-electron chi connectivity index (χ0n) is 19.4. The summed E-state index contributed by atoms with van der Waals surface area (Å²) < 4.78 is 7.01. The number of hydrogen-bond donors (Lipinski definition) is 1. The molecule has 0 unspecified atom stereocenters. The molecule has 0 aliphatic carbocycles. The van der Waals surface area contributed by atoms with Crippen molar-refractivity contribution in [2.45, 2.75) is 39.0 Å². The molecule has 1 N–H and O–H groups in total. The number of piperidine rings is 1. The molecule has 0 bridgehead atoms. The molecular formula is C25H33N3O4. The van der Waals surface area contributed by atoms with Crippen molar-refractivity contribution in [3.8, 4) is 5.75 Å². The Morgan fingerprint density at radius 2 is 1.75 bits per heavy atom. The number of pyridine rings is 1. The number of aryl methyl sites for hydroxylation is 1. The van der Waals surface area contributed by atoms with E-state index in [-0.39, 0.29) is 35.0 Å². The molecule has 1 fully saturated rings. The lowest BCUT2D eigenvalue weighted by Gasteiger charge is -2.32. The Balaban J connectivity index is 1.40. The van der Waals surface area contributed by atoms with Crippen LogP contribution in [0.2, 0.25) is 0 Å². The highest BCUT2D eigenvalue weighted by Crippen LogP contribution is 2.24. The van der Waals surface area contributed by atoms with Gasteiger partial charge in [-0.3, -0.25) is 14.4 Å². The van der Waals surface area contributed by atoms with Crippen molar-refractivity contribution in [2.75, 3.05) is 26.2 Å². The van der Waals surface area contributed by atoms with Gasteiger partial charge in [0.2, 0.25) is 0 Å². The molecule has 32 heavy (non-hydrogen) atoms. The van der Waals surface area contributed by atoms with Crippen molar-refractivity contribution in [1.29, 1.82) is 0 Å². The van der Waals surface area contributed by atoms with E-state index in [1.54, 1.807) is 30.3 Å². The second-order valence-electron chi connectivity index (χ2n) is 9.44. The van der Waals surface area contributed by atoms with E-state index in [0.29, 0.717) is 31.3 Å². The zero-order valence-corrected chi connectivity index (χ0v) is 19.4. The molecule has 1 saturated heterocycles. The summed E-state index contributed by atoms with van der Waals surface area (Å²) in [7, 11) is 1.64. The molecular weight excluding hydrogens is 406 g/mol. The SMILES string of the molecule is Cn1cccc(C(=O)N2CCC(CNC(=O)COc3ccc(C(C)(C)C)cc3)CC2)c1=O. The molecule has 7 nitrogen and oxygen atoms in total. The highest BCUT2D eigenvalue weighted by molar-refractivity contribution is 5.93. The van der Waals surface area contributed by atoms with Crippen LogP contribution in [0.4, 0.5) is 0 Å². The maximum absolute atomic E-state index is 12.7. The number of likely N-dealkylation sites (tertiary alicyclic amines) is 1. The number of amides is 2. The minimum absolute atomic E-state index is 0.0243. The summed E-state index contributed by atoms with van der Waals surface area (Å²) in [4.78, 5) is 38.7. The van der Waals surface area contributed by atoms with Crippen LogP contribution in [0.3, 0.4) is 0 Å². The van der Waals surface area contributed by atoms with E-state index in [9.17, 15) is 14.4 Å². The number of carbonyl (C=O) groups excluding carboxylic acids is 2. The lowest BCUT2D eigenvalue weighted by Crippen LogP contribution is -2.43. The van der Waals surface area contributed by atoms with E-state index in [1.807, 2.05) is 24.3 Å². The second-order valence-corrected chi connectivity index (χ2v) is 9.44. The van der Waals surface area contributed by atoms with Crippen LogP contribution in [-0.2, 0) is 17.3 Å². The van der Waals surface area contributed by atoms with Gasteiger partial charge in [-0.2, -0.15) is 0 Å². The van der Waals surface area contributed by atoms with Crippen molar-refractivity contribution in [3.05, 3.63) is 64.1 Å². The average Bonchev–Trinajstić information content (AvgIpc) is 2.77. The first-order valence-electron chi connectivity index (χ1n) is 11.1. The molecule has 1 aromatic carbocycles. The van der Waals surface area contributed by atoms with Crippen LogP contribution in [0.25, 0.3) is 0 Å². The van der Waals surface area contributed by atoms with E-state index < -0.39 is 0 Å². The predicted molar refractivity (Wildman–Crippen MR) is 124 cm³/mol. The number of aromatic nitrogens is 1. The fourth-order valence-electron chi connectivity index (χ4n) is 3.78. The van der Waals surface area contributed by atoms with Gasteiger partial charge in [0, 0.05) is 32.9 Å².